The van der Waals surface area contributed by atoms with Crippen molar-refractivity contribution in [3.8, 4) is 5.75 Å². The van der Waals surface area contributed by atoms with E-state index in [4.69, 9.17) is 10.5 Å². The lowest BCUT2D eigenvalue weighted by Crippen LogP contribution is -2.25. The number of aromatic nitrogens is 3. The van der Waals surface area contributed by atoms with E-state index in [2.05, 4.69) is 38.9 Å². The van der Waals surface area contributed by atoms with Crippen molar-refractivity contribution in [1.29, 1.82) is 0 Å². The molecule has 0 saturated carbocycles. The maximum atomic E-state index is 5.80. The van der Waals surface area contributed by atoms with Crippen molar-refractivity contribution < 1.29 is 4.74 Å². The molecule has 7 heteroatoms. The van der Waals surface area contributed by atoms with Gasteiger partial charge < -0.3 is 15.4 Å². The smallest absolute Gasteiger partial charge is 0.229 e. The highest BCUT2D eigenvalue weighted by atomic mass is 16.5. The SMILES string of the molecule is COc1ccc(CN(C)C(C)c2nc(N)nc(N(C)C)n2)cc1. The van der Waals surface area contributed by atoms with Crippen LogP contribution in [0.3, 0.4) is 0 Å². The average Bonchev–Trinajstić information content (AvgIpc) is 2.54. The number of anilines is 2. The van der Waals surface area contributed by atoms with Crippen molar-refractivity contribution in [3.05, 3.63) is 35.7 Å². The van der Waals surface area contributed by atoms with Gasteiger partial charge in [-0.15, -0.1) is 0 Å². The lowest BCUT2D eigenvalue weighted by atomic mass is 10.2. The van der Waals surface area contributed by atoms with Crippen LogP contribution >= 0.6 is 0 Å². The number of rotatable bonds is 6. The maximum Gasteiger partial charge on any atom is 0.229 e. The molecule has 0 bridgehead atoms. The fraction of sp³-hybridized carbons (Fsp3) is 0.438. The van der Waals surface area contributed by atoms with Crippen molar-refractivity contribution in [1.82, 2.24) is 19.9 Å². The maximum absolute atomic E-state index is 5.80. The minimum absolute atomic E-state index is 0.0149. The molecular weight excluding hydrogens is 292 g/mol. The van der Waals surface area contributed by atoms with Crippen molar-refractivity contribution in [2.24, 2.45) is 0 Å². The number of ether oxygens (including phenoxy) is 1. The Hall–Kier alpha value is -2.41. The molecule has 2 N–H and O–H groups in total. The molecule has 1 unspecified atom stereocenters. The number of hydrogen-bond donors (Lipinski definition) is 1. The third-order valence-corrected chi connectivity index (χ3v) is 3.68. The molecule has 0 fully saturated rings. The van der Waals surface area contributed by atoms with Gasteiger partial charge >= 0.3 is 0 Å². The van der Waals surface area contributed by atoms with Gasteiger partial charge in [-0.1, -0.05) is 12.1 Å². The second-order valence-electron chi connectivity index (χ2n) is 5.69. The molecule has 124 valence electrons. The Labute approximate surface area is 137 Å². The molecule has 2 rings (SSSR count). The Morgan fingerprint density at radius 3 is 2.30 bits per heavy atom. The molecule has 1 atom stereocenters. The van der Waals surface area contributed by atoms with Crippen LogP contribution < -0.4 is 15.4 Å². The van der Waals surface area contributed by atoms with Crippen molar-refractivity contribution in [2.45, 2.75) is 19.5 Å². The van der Waals surface area contributed by atoms with Gasteiger partial charge in [-0.2, -0.15) is 15.0 Å². The third kappa shape index (κ3) is 4.29. The summed E-state index contributed by atoms with van der Waals surface area (Å²) in [6.45, 7) is 2.83. The van der Waals surface area contributed by atoms with Crippen LogP contribution in [0, 0.1) is 0 Å². The van der Waals surface area contributed by atoms with Crippen LogP contribution in [0.25, 0.3) is 0 Å². The molecule has 0 aliphatic carbocycles. The first-order valence-electron chi connectivity index (χ1n) is 7.42. The van der Waals surface area contributed by atoms with Crippen LogP contribution in [-0.4, -0.2) is 48.1 Å². The molecule has 2 aromatic rings. The third-order valence-electron chi connectivity index (χ3n) is 3.68. The van der Waals surface area contributed by atoms with Crippen molar-refractivity contribution in [2.75, 3.05) is 38.9 Å². The van der Waals surface area contributed by atoms with Gasteiger partial charge in [0.2, 0.25) is 11.9 Å². The van der Waals surface area contributed by atoms with Gasteiger partial charge in [0, 0.05) is 20.6 Å². The highest BCUT2D eigenvalue weighted by Crippen LogP contribution is 2.20. The first-order chi connectivity index (χ1) is 10.9. The first kappa shape index (κ1) is 17.0. The Morgan fingerprint density at radius 1 is 1.09 bits per heavy atom. The fourth-order valence-corrected chi connectivity index (χ4v) is 2.14. The lowest BCUT2D eigenvalue weighted by molar-refractivity contribution is 0.243. The number of nitrogens with zero attached hydrogens (tertiary/aromatic N) is 5. The zero-order valence-corrected chi connectivity index (χ0v) is 14.3. The van der Waals surface area contributed by atoms with Crippen LogP contribution in [-0.2, 0) is 6.54 Å². The number of hydrogen-bond acceptors (Lipinski definition) is 7. The summed E-state index contributed by atoms with van der Waals surface area (Å²) in [5.74, 6) is 2.32. The largest absolute Gasteiger partial charge is 0.497 e. The minimum Gasteiger partial charge on any atom is -0.497 e. The van der Waals surface area contributed by atoms with E-state index in [1.807, 2.05) is 38.2 Å². The molecule has 1 aromatic heterocycles. The molecule has 7 nitrogen and oxygen atoms in total. The highest BCUT2D eigenvalue weighted by Gasteiger charge is 2.17. The molecule has 23 heavy (non-hydrogen) atoms. The van der Waals surface area contributed by atoms with E-state index < -0.39 is 0 Å². The summed E-state index contributed by atoms with van der Waals surface area (Å²) in [5, 5.41) is 0. The summed E-state index contributed by atoms with van der Waals surface area (Å²) in [6.07, 6.45) is 0. The van der Waals surface area contributed by atoms with E-state index in [0.717, 1.165) is 12.3 Å². The summed E-state index contributed by atoms with van der Waals surface area (Å²) < 4.78 is 5.18. The summed E-state index contributed by atoms with van der Waals surface area (Å²) >= 11 is 0. The fourth-order valence-electron chi connectivity index (χ4n) is 2.14. The number of nitrogen functional groups attached to an aromatic ring is 1. The molecule has 1 heterocycles. The Bertz CT molecular complexity index is 644. The van der Waals surface area contributed by atoms with Crippen LogP contribution in [0.1, 0.15) is 24.4 Å². The monoisotopic (exact) mass is 316 g/mol. The number of benzene rings is 1. The van der Waals surface area contributed by atoms with Gasteiger partial charge in [0.1, 0.15) is 5.75 Å². The molecular formula is C16H24N6O. The number of methoxy groups -OCH3 is 1. The molecule has 0 amide bonds. The summed E-state index contributed by atoms with van der Waals surface area (Å²) in [5.41, 5.74) is 6.99. The Balaban J connectivity index is 2.13. The van der Waals surface area contributed by atoms with Gasteiger partial charge in [0.15, 0.2) is 5.82 Å². The molecule has 0 radical (unpaired) electrons. The van der Waals surface area contributed by atoms with Gasteiger partial charge in [-0.05, 0) is 31.7 Å². The molecule has 0 aliphatic rings. The summed E-state index contributed by atoms with van der Waals surface area (Å²) in [4.78, 5) is 16.9. The minimum atomic E-state index is 0.0149. The van der Waals surface area contributed by atoms with E-state index >= 15 is 0 Å². The Kier molecular flexibility index (Phi) is 5.33. The summed E-state index contributed by atoms with van der Waals surface area (Å²) in [7, 11) is 7.45. The first-order valence-corrected chi connectivity index (χ1v) is 7.42. The van der Waals surface area contributed by atoms with Crippen molar-refractivity contribution in [3.63, 3.8) is 0 Å². The second-order valence-corrected chi connectivity index (χ2v) is 5.69. The van der Waals surface area contributed by atoms with Crippen LogP contribution in [0.15, 0.2) is 24.3 Å². The molecule has 0 spiro atoms. The standard InChI is InChI=1S/C16H24N6O/c1-11(14-18-15(17)20-16(19-14)21(2)3)22(4)10-12-6-8-13(23-5)9-7-12/h6-9,11H,10H2,1-5H3,(H2,17,18,19,20). The molecule has 0 aliphatic heterocycles. The molecule has 0 saturated heterocycles. The second kappa shape index (κ2) is 7.23. The van der Waals surface area contributed by atoms with Crippen LogP contribution in [0.5, 0.6) is 5.75 Å². The van der Waals surface area contributed by atoms with E-state index in [1.165, 1.54) is 5.56 Å². The average molecular weight is 316 g/mol. The Morgan fingerprint density at radius 2 is 1.74 bits per heavy atom. The van der Waals surface area contributed by atoms with E-state index in [-0.39, 0.29) is 12.0 Å². The van der Waals surface area contributed by atoms with Gasteiger partial charge in [-0.25, -0.2) is 0 Å². The van der Waals surface area contributed by atoms with E-state index in [9.17, 15) is 0 Å². The zero-order chi connectivity index (χ0) is 17.0. The van der Waals surface area contributed by atoms with Crippen LogP contribution in [0.4, 0.5) is 11.9 Å². The van der Waals surface area contributed by atoms with Crippen molar-refractivity contribution >= 4 is 11.9 Å². The predicted molar refractivity (Wildman–Crippen MR) is 91.4 cm³/mol. The lowest BCUT2D eigenvalue weighted by Gasteiger charge is -2.24. The van der Waals surface area contributed by atoms with E-state index in [1.54, 1.807) is 7.11 Å². The quantitative estimate of drug-likeness (QED) is 0.869. The van der Waals surface area contributed by atoms with Gasteiger partial charge in [0.05, 0.1) is 13.2 Å². The van der Waals surface area contributed by atoms with Crippen LogP contribution in [0.2, 0.25) is 0 Å². The predicted octanol–water partition coefficient (Wildman–Crippen LogP) is 1.72. The topological polar surface area (TPSA) is 80.4 Å². The number of nitrogens with two attached hydrogens (primary N) is 1. The summed E-state index contributed by atoms with van der Waals surface area (Å²) in [6, 6.07) is 8.03. The van der Waals surface area contributed by atoms with Gasteiger partial charge in [-0.3, -0.25) is 4.90 Å². The molecule has 1 aromatic carbocycles. The highest BCUT2D eigenvalue weighted by molar-refractivity contribution is 5.33. The normalized spacial score (nSPS) is 12.3. The van der Waals surface area contributed by atoms with E-state index in [0.29, 0.717) is 11.8 Å². The van der Waals surface area contributed by atoms with Gasteiger partial charge in [0.25, 0.3) is 0 Å². The zero-order valence-electron chi connectivity index (χ0n) is 14.3.